The normalized spacial score (nSPS) is 17.0. The minimum atomic E-state index is -1.09. The summed E-state index contributed by atoms with van der Waals surface area (Å²) in [6.45, 7) is 1.96. The van der Waals surface area contributed by atoms with E-state index in [1.165, 1.54) is 18.2 Å². The lowest BCUT2D eigenvalue weighted by atomic mass is 10.1. The van der Waals surface area contributed by atoms with Crippen molar-refractivity contribution in [1.82, 2.24) is 9.97 Å². The standard InChI is InChI=1S/C13H14N4O6/c1-2-3-6-23-13(18)11(17(21)22)12-14-9-5-4-8(16(19)20)7-10(9)15-12/h4-5,7-8,15H,2-3,6H2,1H3/b12-11-. The number of aromatic nitrogens is 2. The van der Waals surface area contributed by atoms with Gasteiger partial charge in [-0.3, -0.25) is 20.2 Å². The first-order chi connectivity index (χ1) is 10.9. The molecule has 1 aliphatic rings. The SMILES string of the molecule is CCCCOC(=O)/C(=c1\nc2c([nH]1)=CC([N+](=O)[O-])C=C2)[N+](=O)[O-]. The topological polar surface area (TPSA) is 141 Å². The summed E-state index contributed by atoms with van der Waals surface area (Å²) in [7, 11) is 0. The number of imidazole rings is 1. The van der Waals surface area contributed by atoms with Gasteiger partial charge < -0.3 is 9.72 Å². The van der Waals surface area contributed by atoms with Crippen molar-refractivity contribution < 1.29 is 19.4 Å². The number of esters is 1. The highest BCUT2D eigenvalue weighted by molar-refractivity contribution is 6.05. The van der Waals surface area contributed by atoms with Crippen LogP contribution in [0.1, 0.15) is 25.5 Å². The Hall–Kier alpha value is -3.04. The number of aromatic amines is 1. The van der Waals surface area contributed by atoms with Crippen LogP contribution in [-0.2, 0) is 9.53 Å². The van der Waals surface area contributed by atoms with Gasteiger partial charge in [-0.25, -0.2) is 9.78 Å². The van der Waals surface area contributed by atoms with Gasteiger partial charge >= 0.3 is 11.7 Å². The summed E-state index contributed by atoms with van der Waals surface area (Å²) in [5, 5.41) is 22.2. The van der Waals surface area contributed by atoms with Crippen LogP contribution in [0.25, 0.3) is 17.8 Å². The predicted octanol–water partition coefficient (Wildman–Crippen LogP) is -0.409. The van der Waals surface area contributed by atoms with E-state index in [9.17, 15) is 25.0 Å². The number of nitro groups is 2. The van der Waals surface area contributed by atoms with Crippen molar-refractivity contribution in [3.05, 3.63) is 42.8 Å². The van der Waals surface area contributed by atoms with Gasteiger partial charge in [-0.15, -0.1) is 0 Å². The van der Waals surface area contributed by atoms with E-state index in [-0.39, 0.29) is 17.4 Å². The molecular weight excluding hydrogens is 308 g/mol. The molecule has 1 N–H and O–H groups in total. The smallest absolute Gasteiger partial charge is 0.413 e. The van der Waals surface area contributed by atoms with Crippen LogP contribution in [0.4, 0.5) is 0 Å². The van der Waals surface area contributed by atoms with E-state index in [1.807, 2.05) is 6.92 Å². The minimum absolute atomic E-state index is 0.0719. The Balaban J connectivity index is 2.45. The third-order valence-corrected chi connectivity index (χ3v) is 3.12. The van der Waals surface area contributed by atoms with Crippen molar-refractivity contribution in [2.75, 3.05) is 6.61 Å². The molecule has 1 unspecified atom stereocenters. The number of carbonyl (C=O) groups is 1. The molecule has 0 saturated heterocycles. The molecule has 23 heavy (non-hydrogen) atoms. The van der Waals surface area contributed by atoms with Gasteiger partial charge in [0, 0.05) is 11.0 Å². The van der Waals surface area contributed by atoms with E-state index >= 15 is 0 Å². The van der Waals surface area contributed by atoms with Crippen molar-refractivity contribution >= 4 is 23.8 Å². The second kappa shape index (κ2) is 6.81. The molecule has 1 heterocycles. The fraction of sp³-hybridized carbons (Fsp3) is 0.385. The molecule has 1 aromatic heterocycles. The number of hydrogen-bond acceptors (Lipinski definition) is 7. The summed E-state index contributed by atoms with van der Waals surface area (Å²) in [6, 6.07) is -1.05. The second-order valence-corrected chi connectivity index (χ2v) is 4.78. The molecule has 0 fully saturated rings. The zero-order valence-electron chi connectivity index (χ0n) is 12.2. The monoisotopic (exact) mass is 322 g/mol. The molecule has 10 heteroatoms. The minimum Gasteiger partial charge on any atom is -0.457 e. The highest BCUT2D eigenvalue weighted by atomic mass is 16.6. The Morgan fingerprint density at radius 3 is 2.78 bits per heavy atom. The largest absolute Gasteiger partial charge is 0.457 e. The number of rotatable bonds is 6. The van der Waals surface area contributed by atoms with E-state index in [2.05, 4.69) is 9.97 Å². The summed E-state index contributed by atoms with van der Waals surface area (Å²) in [5.74, 6) is -1.09. The van der Waals surface area contributed by atoms with Gasteiger partial charge in [0.05, 0.1) is 22.6 Å². The Labute approximate surface area is 129 Å². The molecule has 0 amide bonds. The van der Waals surface area contributed by atoms with Crippen molar-refractivity contribution in [2.45, 2.75) is 25.8 Å². The summed E-state index contributed by atoms with van der Waals surface area (Å²) >= 11 is 0. The van der Waals surface area contributed by atoms with Gasteiger partial charge in [0.2, 0.25) is 5.48 Å². The first-order valence-corrected chi connectivity index (χ1v) is 6.89. The fourth-order valence-electron chi connectivity index (χ4n) is 1.95. The second-order valence-electron chi connectivity index (χ2n) is 4.78. The van der Waals surface area contributed by atoms with E-state index < -0.39 is 27.6 Å². The molecule has 1 atom stereocenters. The highest BCUT2D eigenvalue weighted by Crippen LogP contribution is 2.04. The van der Waals surface area contributed by atoms with Gasteiger partial charge in [-0.05, 0) is 18.6 Å². The summed E-state index contributed by atoms with van der Waals surface area (Å²) in [6.07, 6.45) is 5.32. The predicted molar refractivity (Wildman–Crippen MR) is 78.4 cm³/mol. The first kappa shape index (κ1) is 16.3. The molecule has 0 radical (unpaired) electrons. The molecule has 0 aromatic carbocycles. The number of hydrogen-bond donors (Lipinski definition) is 1. The van der Waals surface area contributed by atoms with E-state index in [4.69, 9.17) is 4.74 Å². The first-order valence-electron chi connectivity index (χ1n) is 6.89. The van der Waals surface area contributed by atoms with Crippen LogP contribution in [0.2, 0.25) is 0 Å². The van der Waals surface area contributed by atoms with Crippen LogP contribution in [-0.4, -0.2) is 38.4 Å². The number of nitrogens with zero attached hydrogens (tertiary/aromatic N) is 3. The lowest BCUT2D eigenvalue weighted by Gasteiger charge is -2.00. The van der Waals surface area contributed by atoms with Gasteiger partial charge in [0.15, 0.2) is 0 Å². The third kappa shape index (κ3) is 3.59. The van der Waals surface area contributed by atoms with Gasteiger partial charge in [0.1, 0.15) is 0 Å². The van der Waals surface area contributed by atoms with Crippen LogP contribution < -0.4 is 10.8 Å². The number of nitrogens with one attached hydrogen (secondary N) is 1. The maximum Gasteiger partial charge on any atom is 0.413 e. The third-order valence-electron chi connectivity index (χ3n) is 3.12. The average Bonchev–Trinajstić information content (AvgIpc) is 2.89. The van der Waals surface area contributed by atoms with Crippen molar-refractivity contribution in [1.29, 1.82) is 0 Å². The molecule has 1 aliphatic carbocycles. The zero-order chi connectivity index (χ0) is 17.0. The van der Waals surface area contributed by atoms with Crippen molar-refractivity contribution in [2.24, 2.45) is 0 Å². The highest BCUT2D eigenvalue weighted by Gasteiger charge is 2.28. The van der Waals surface area contributed by atoms with E-state index in [0.29, 0.717) is 12.1 Å². The van der Waals surface area contributed by atoms with Crippen molar-refractivity contribution in [3.8, 4) is 0 Å². The quantitative estimate of drug-likeness (QED) is 0.325. The molecule has 2 rings (SSSR count). The van der Waals surface area contributed by atoms with Crippen LogP contribution in [0, 0.1) is 20.2 Å². The molecule has 0 bridgehead atoms. The number of carbonyl (C=O) groups excluding carboxylic acids is 1. The Kier molecular flexibility index (Phi) is 4.84. The summed E-state index contributed by atoms with van der Waals surface area (Å²) < 4.78 is 4.84. The number of fused-ring (bicyclic) bond motifs is 1. The lowest BCUT2D eigenvalue weighted by molar-refractivity contribution is -0.491. The molecule has 0 spiro atoms. The zero-order valence-corrected chi connectivity index (χ0v) is 12.2. The summed E-state index contributed by atoms with van der Waals surface area (Å²) in [4.78, 5) is 38.9. The Bertz CT molecular complexity index is 794. The fourth-order valence-corrected chi connectivity index (χ4v) is 1.95. The molecule has 122 valence electrons. The maximum atomic E-state index is 11.8. The van der Waals surface area contributed by atoms with E-state index in [1.54, 1.807) is 0 Å². The molecular formula is C13H14N4O6. The van der Waals surface area contributed by atoms with Gasteiger partial charge in [-0.2, -0.15) is 0 Å². The Morgan fingerprint density at radius 2 is 2.17 bits per heavy atom. The maximum absolute atomic E-state index is 11.8. The summed E-state index contributed by atoms with van der Waals surface area (Å²) in [5.41, 5.74) is -0.819. The number of ether oxygens (including phenoxy) is 1. The molecule has 0 aliphatic heterocycles. The van der Waals surface area contributed by atoms with Crippen LogP contribution >= 0.6 is 0 Å². The Morgan fingerprint density at radius 1 is 1.43 bits per heavy atom. The molecule has 10 nitrogen and oxygen atoms in total. The van der Waals surface area contributed by atoms with Crippen molar-refractivity contribution in [3.63, 3.8) is 0 Å². The van der Waals surface area contributed by atoms with Crippen LogP contribution in [0.15, 0.2) is 6.08 Å². The van der Waals surface area contributed by atoms with E-state index in [0.717, 1.165) is 6.42 Å². The van der Waals surface area contributed by atoms with Crippen LogP contribution in [0.3, 0.4) is 0 Å². The van der Waals surface area contributed by atoms with Crippen LogP contribution in [0.5, 0.6) is 0 Å². The number of H-pyrrole nitrogens is 1. The van der Waals surface area contributed by atoms with Gasteiger partial charge in [-0.1, -0.05) is 13.3 Å². The van der Waals surface area contributed by atoms with Gasteiger partial charge in [0.25, 0.3) is 6.04 Å². The molecule has 1 aromatic rings. The lowest BCUT2D eigenvalue weighted by Crippen LogP contribution is -2.27. The molecule has 0 saturated carbocycles. The number of unbranched alkanes of at least 4 members (excludes halogenated alkanes) is 1. The average molecular weight is 322 g/mol.